The van der Waals surface area contributed by atoms with E-state index in [2.05, 4.69) is 4.98 Å². The molecule has 3 aromatic rings. The number of anilines is 1. The molecule has 1 unspecified atom stereocenters. The van der Waals surface area contributed by atoms with Gasteiger partial charge in [-0.2, -0.15) is 13.2 Å². The van der Waals surface area contributed by atoms with Crippen LogP contribution < -0.4 is 9.64 Å². The molecule has 5 nitrogen and oxygen atoms in total. The van der Waals surface area contributed by atoms with Gasteiger partial charge in [0, 0.05) is 42.6 Å². The van der Waals surface area contributed by atoms with E-state index < -0.39 is 12.1 Å². The highest BCUT2D eigenvalue weighted by Gasteiger charge is 2.40. The van der Waals surface area contributed by atoms with Crippen LogP contribution in [0.15, 0.2) is 60.9 Å². The zero-order chi connectivity index (χ0) is 24.1. The normalized spacial score (nSPS) is 15.1. The van der Waals surface area contributed by atoms with Crippen molar-refractivity contribution in [2.75, 3.05) is 31.1 Å². The van der Waals surface area contributed by atoms with Crippen LogP contribution in [0, 0.1) is 5.92 Å². The third-order valence-electron chi connectivity index (χ3n) is 5.73. The highest BCUT2D eigenvalue weighted by Crippen LogP contribution is 2.34. The third-order valence-corrected chi connectivity index (χ3v) is 7.01. The minimum Gasteiger partial charge on any atom is -0.494 e. The van der Waals surface area contributed by atoms with E-state index in [0.717, 1.165) is 10.4 Å². The summed E-state index contributed by atoms with van der Waals surface area (Å²) in [6.07, 6.45) is -1.55. The van der Waals surface area contributed by atoms with Gasteiger partial charge in [0.15, 0.2) is 0 Å². The number of thiophene rings is 1. The van der Waals surface area contributed by atoms with Crippen LogP contribution in [0.1, 0.15) is 12.8 Å². The van der Waals surface area contributed by atoms with Crippen molar-refractivity contribution in [3.05, 3.63) is 65.3 Å². The van der Waals surface area contributed by atoms with Gasteiger partial charge >= 0.3 is 12.2 Å². The number of alkyl halides is 3. The minimum absolute atomic E-state index is 0.0443. The average molecular weight is 510 g/mol. The molecule has 0 bridgehead atoms. The molecule has 180 valence electrons. The summed E-state index contributed by atoms with van der Waals surface area (Å²) in [7, 11) is 0. The topological polar surface area (TPSA) is 45.7 Å². The highest BCUT2D eigenvalue weighted by atomic mass is 35.5. The number of halogens is 4. The number of amides is 2. The first kappa shape index (κ1) is 24.3. The Morgan fingerprint density at radius 3 is 2.41 bits per heavy atom. The zero-order valence-electron chi connectivity index (χ0n) is 18.2. The number of benzene rings is 1. The molecule has 1 fully saturated rings. The molecule has 1 atom stereocenters. The van der Waals surface area contributed by atoms with E-state index in [1.54, 1.807) is 41.6 Å². The first-order valence-electron chi connectivity index (χ1n) is 10.8. The van der Waals surface area contributed by atoms with Crippen molar-refractivity contribution in [3.8, 4) is 16.2 Å². The number of hydrogen-bond acceptors (Lipinski definition) is 4. The van der Waals surface area contributed by atoms with Crippen LogP contribution in [0.5, 0.6) is 5.75 Å². The largest absolute Gasteiger partial charge is 0.494 e. The quantitative estimate of drug-likeness (QED) is 0.321. The molecule has 1 aromatic carbocycles. The van der Waals surface area contributed by atoms with Gasteiger partial charge in [0.25, 0.3) is 0 Å². The van der Waals surface area contributed by atoms with Gasteiger partial charge in [0.05, 0.1) is 16.9 Å². The standard InChI is InChI=1S/C24H23ClF3N3O2S/c25-22-6-5-21(34-22)17-1-3-20(4-2-17)33-16-10-18(24(26,27)28)9-13-30-14-15-31(23(30)32)19-7-11-29-12-8-19/h1-8,11-12,18H,9-10,13-16H2. The van der Waals surface area contributed by atoms with Crippen molar-refractivity contribution < 1.29 is 22.7 Å². The molecule has 0 spiro atoms. The monoisotopic (exact) mass is 509 g/mol. The zero-order valence-corrected chi connectivity index (χ0v) is 19.7. The van der Waals surface area contributed by atoms with E-state index in [9.17, 15) is 18.0 Å². The van der Waals surface area contributed by atoms with Crippen LogP contribution in [0.3, 0.4) is 0 Å². The Morgan fingerprint density at radius 1 is 1.03 bits per heavy atom. The molecule has 4 rings (SSSR count). The van der Waals surface area contributed by atoms with Crippen LogP contribution in [0.2, 0.25) is 4.34 Å². The van der Waals surface area contributed by atoms with Crippen molar-refractivity contribution in [2.45, 2.75) is 19.0 Å². The maximum absolute atomic E-state index is 13.6. The Bertz CT molecular complexity index is 1090. The molecule has 1 aliphatic rings. The molecule has 0 radical (unpaired) electrons. The number of hydrogen-bond donors (Lipinski definition) is 0. The molecule has 0 aliphatic carbocycles. The van der Waals surface area contributed by atoms with Gasteiger partial charge in [0.1, 0.15) is 5.75 Å². The van der Waals surface area contributed by atoms with E-state index in [1.807, 2.05) is 24.3 Å². The number of nitrogens with zero attached hydrogens (tertiary/aromatic N) is 3. The molecule has 1 aliphatic heterocycles. The average Bonchev–Trinajstić information content (AvgIpc) is 3.42. The minimum atomic E-state index is -4.36. The van der Waals surface area contributed by atoms with Gasteiger partial charge in [-0.1, -0.05) is 11.6 Å². The van der Waals surface area contributed by atoms with Crippen molar-refractivity contribution >= 4 is 34.7 Å². The van der Waals surface area contributed by atoms with E-state index in [4.69, 9.17) is 16.3 Å². The molecule has 2 amide bonds. The predicted molar refractivity (Wildman–Crippen MR) is 128 cm³/mol. The van der Waals surface area contributed by atoms with Crippen molar-refractivity contribution in [3.63, 3.8) is 0 Å². The van der Waals surface area contributed by atoms with Gasteiger partial charge in [-0.05, 0) is 66.9 Å². The lowest BCUT2D eigenvalue weighted by atomic mass is 10.0. The van der Waals surface area contributed by atoms with E-state index in [1.165, 1.54) is 16.2 Å². The fraction of sp³-hybridized carbons (Fsp3) is 0.333. The van der Waals surface area contributed by atoms with Crippen LogP contribution >= 0.6 is 22.9 Å². The number of carbonyl (C=O) groups excluding carboxylic acids is 1. The molecule has 0 N–H and O–H groups in total. The Morgan fingerprint density at radius 2 is 1.76 bits per heavy atom. The molecule has 3 heterocycles. The van der Waals surface area contributed by atoms with Crippen molar-refractivity contribution in [2.24, 2.45) is 5.92 Å². The molecule has 34 heavy (non-hydrogen) atoms. The molecular weight excluding hydrogens is 487 g/mol. The number of pyridine rings is 1. The van der Waals surface area contributed by atoms with Gasteiger partial charge in [0.2, 0.25) is 0 Å². The van der Waals surface area contributed by atoms with E-state index in [-0.39, 0.29) is 32.0 Å². The summed E-state index contributed by atoms with van der Waals surface area (Å²) in [5, 5.41) is 0. The number of urea groups is 1. The maximum atomic E-state index is 13.6. The highest BCUT2D eigenvalue weighted by molar-refractivity contribution is 7.19. The van der Waals surface area contributed by atoms with Gasteiger partial charge in [-0.3, -0.25) is 9.88 Å². The fourth-order valence-corrected chi connectivity index (χ4v) is 4.89. The van der Waals surface area contributed by atoms with Crippen LogP contribution in [0.25, 0.3) is 10.4 Å². The summed E-state index contributed by atoms with van der Waals surface area (Å²) in [5.41, 5.74) is 1.66. The lowest BCUT2D eigenvalue weighted by Gasteiger charge is -2.24. The van der Waals surface area contributed by atoms with Crippen LogP contribution in [0.4, 0.5) is 23.7 Å². The Kier molecular flexibility index (Phi) is 7.63. The van der Waals surface area contributed by atoms with Gasteiger partial charge in [-0.15, -0.1) is 11.3 Å². The molecule has 0 saturated carbocycles. The second-order valence-electron chi connectivity index (χ2n) is 7.92. The molecule has 1 saturated heterocycles. The Balaban J connectivity index is 1.28. The van der Waals surface area contributed by atoms with E-state index in [0.29, 0.717) is 28.9 Å². The first-order chi connectivity index (χ1) is 16.3. The van der Waals surface area contributed by atoms with Crippen LogP contribution in [-0.2, 0) is 0 Å². The van der Waals surface area contributed by atoms with Gasteiger partial charge < -0.3 is 9.64 Å². The van der Waals surface area contributed by atoms with Crippen molar-refractivity contribution in [1.82, 2.24) is 9.88 Å². The second-order valence-corrected chi connectivity index (χ2v) is 9.63. The second kappa shape index (κ2) is 10.7. The third kappa shape index (κ3) is 6.01. The van der Waals surface area contributed by atoms with E-state index >= 15 is 0 Å². The molecule has 2 aromatic heterocycles. The smallest absolute Gasteiger partial charge is 0.392 e. The maximum Gasteiger partial charge on any atom is 0.392 e. The molecular formula is C24H23ClF3N3O2S. The lowest BCUT2D eigenvalue weighted by molar-refractivity contribution is -0.180. The number of ether oxygens (including phenoxy) is 1. The Hall–Kier alpha value is -2.78. The summed E-state index contributed by atoms with van der Waals surface area (Å²) in [4.78, 5) is 20.6. The van der Waals surface area contributed by atoms with Crippen LogP contribution in [-0.4, -0.2) is 48.3 Å². The fourth-order valence-electron chi connectivity index (χ4n) is 3.84. The lowest BCUT2D eigenvalue weighted by Crippen LogP contribution is -2.35. The predicted octanol–water partition coefficient (Wildman–Crippen LogP) is 6.74. The Labute approximate surface area is 204 Å². The summed E-state index contributed by atoms with van der Waals surface area (Å²) in [5.74, 6) is -1.04. The number of aromatic nitrogens is 1. The summed E-state index contributed by atoms with van der Waals surface area (Å²) < 4.78 is 47.1. The SMILES string of the molecule is O=C1N(CCC(CCOc2ccc(-c3ccc(Cl)s3)cc2)C(F)(F)F)CCN1c1ccncc1. The number of carbonyl (C=O) groups is 1. The first-order valence-corrected chi connectivity index (χ1v) is 12.0. The van der Waals surface area contributed by atoms with Crippen molar-refractivity contribution in [1.29, 1.82) is 0 Å². The molecule has 10 heteroatoms. The number of rotatable bonds is 9. The summed E-state index contributed by atoms with van der Waals surface area (Å²) >= 11 is 7.41. The van der Waals surface area contributed by atoms with Gasteiger partial charge in [-0.25, -0.2) is 4.79 Å². The summed E-state index contributed by atoms with van der Waals surface area (Å²) in [6, 6.07) is 14.0. The summed E-state index contributed by atoms with van der Waals surface area (Å²) in [6.45, 7) is 0.814.